The molecule has 0 aliphatic carbocycles. The van der Waals surface area contributed by atoms with Gasteiger partial charge in [-0.2, -0.15) is 0 Å². The molecular formula is C15H25N3S. The number of nitrogens with one attached hydrogen (secondary N) is 2. The molecule has 106 valence electrons. The lowest BCUT2D eigenvalue weighted by Crippen LogP contribution is -2.38. The summed E-state index contributed by atoms with van der Waals surface area (Å²) in [7, 11) is 0. The standard InChI is InChI=1S/C15H25N3S/c1-10-9-19-15(17-10)11(2)16-6-5-12-7-13-3-4-14(8-12)18-13/h9,11-14,16,18H,3-8H2,1-2H3. The molecule has 3 nitrogen and oxygen atoms in total. The third-order valence-corrected chi connectivity index (χ3v) is 5.73. The maximum atomic E-state index is 4.56. The maximum Gasteiger partial charge on any atom is 0.110 e. The maximum absolute atomic E-state index is 4.56. The molecule has 3 heterocycles. The Morgan fingerprint density at radius 2 is 2.16 bits per heavy atom. The molecule has 3 rings (SSSR count). The lowest BCUT2D eigenvalue weighted by atomic mass is 9.90. The summed E-state index contributed by atoms with van der Waals surface area (Å²) in [4.78, 5) is 4.56. The molecule has 2 saturated heterocycles. The largest absolute Gasteiger partial charge is 0.311 e. The molecule has 3 atom stereocenters. The van der Waals surface area contributed by atoms with E-state index in [1.807, 2.05) is 0 Å². The molecule has 2 fully saturated rings. The van der Waals surface area contributed by atoms with E-state index in [4.69, 9.17) is 0 Å². The highest BCUT2D eigenvalue weighted by Gasteiger charge is 2.32. The quantitative estimate of drug-likeness (QED) is 0.870. The van der Waals surface area contributed by atoms with Crippen molar-refractivity contribution in [3.63, 3.8) is 0 Å². The Labute approximate surface area is 120 Å². The van der Waals surface area contributed by atoms with E-state index in [9.17, 15) is 0 Å². The van der Waals surface area contributed by atoms with Gasteiger partial charge in [-0.25, -0.2) is 4.98 Å². The van der Waals surface area contributed by atoms with E-state index in [2.05, 4.69) is 34.8 Å². The van der Waals surface area contributed by atoms with Gasteiger partial charge in [0.05, 0.1) is 6.04 Å². The van der Waals surface area contributed by atoms with Crippen molar-refractivity contribution in [2.24, 2.45) is 5.92 Å². The minimum atomic E-state index is 0.400. The fraction of sp³-hybridized carbons (Fsp3) is 0.800. The second kappa shape index (κ2) is 5.90. The van der Waals surface area contributed by atoms with E-state index < -0.39 is 0 Å². The molecule has 0 amide bonds. The van der Waals surface area contributed by atoms with Gasteiger partial charge in [0.25, 0.3) is 0 Å². The highest BCUT2D eigenvalue weighted by Crippen LogP contribution is 2.32. The van der Waals surface area contributed by atoms with E-state index in [-0.39, 0.29) is 0 Å². The van der Waals surface area contributed by atoms with Crippen molar-refractivity contribution >= 4 is 11.3 Å². The van der Waals surface area contributed by atoms with E-state index in [0.29, 0.717) is 6.04 Å². The lowest BCUT2D eigenvalue weighted by Gasteiger charge is -2.29. The summed E-state index contributed by atoms with van der Waals surface area (Å²) < 4.78 is 0. The first-order valence-electron chi connectivity index (χ1n) is 7.62. The molecule has 19 heavy (non-hydrogen) atoms. The van der Waals surface area contributed by atoms with Crippen molar-refractivity contribution < 1.29 is 0 Å². The highest BCUT2D eigenvalue weighted by molar-refractivity contribution is 7.09. The first-order chi connectivity index (χ1) is 9.20. The normalized spacial score (nSPS) is 31.6. The number of hydrogen-bond acceptors (Lipinski definition) is 4. The van der Waals surface area contributed by atoms with Crippen LogP contribution in [-0.2, 0) is 0 Å². The average Bonchev–Trinajstić information content (AvgIpc) is 2.96. The molecule has 2 N–H and O–H groups in total. The van der Waals surface area contributed by atoms with Crippen LogP contribution in [0.1, 0.15) is 55.8 Å². The van der Waals surface area contributed by atoms with Crippen molar-refractivity contribution in [2.45, 2.75) is 64.1 Å². The molecule has 2 aliphatic heterocycles. The zero-order valence-corrected chi connectivity index (χ0v) is 12.8. The van der Waals surface area contributed by atoms with Crippen molar-refractivity contribution in [2.75, 3.05) is 6.54 Å². The Balaban J connectivity index is 1.41. The molecule has 0 spiro atoms. The van der Waals surface area contributed by atoms with Gasteiger partial charge in [-0.15, -0.1) is 11.3 Å². The summed E-state index contributed by atoms with van der Waals surface area (Å²) in [6.45, 7) is 5.42. The van der Waals surface area contributed by atoms with Crippen LogP contribution < -0.4 is 10.6 Å². The van der Waals surface area contributed by atoms with Crippen LogP contribution in [0.25, 0.3) is 0 Å². The minimum Gasteiger partial charge on any atom is -0.311 e. The smallest absolute Gasteiger partial charge is 0.110 e. The van der Waals surface area contributed by atoms with E-state index in [1.165, 1.54) is 37.1 Å². The van der Waals surface area contributed by atoms with E-state index in [1.54, 1.807) is 11.3 Å². The number of piperidine rings is 1. The van der Waals surface area contributed by atoms with Gasteiger partial charge in [0.1, 0.15) is 5.01 Å². The topological polar surface area (TPSA) is 37.0 Å². The molecule has 0 saturated carbocycles. The summed E-state index contributed by atoms with van der Waals surface area (Å²) in [5.74, 6) is 0.927. The van der Waals surface area contributed by atoms with Gasteiger partial charge >= 0.3 is 0 Å². The number of hydrogen-bond donors (Lipinski definition) is 2. The van der Waals surface area contributed by atoms with Gasteiger partial charge in [-0.1, -0.05) is 0 Å². The summed E-state index contributed by atoms with van der Waals surface area (Å²) in [5, 5.41) is 10.7. The Morgan fingerprint density at radius 3 is 2.79 bits per heavy atom. The van der Waals surface area contributed by atoms with E-state index >= 15 is 0 Å². The molecule has 1 aromatic rings. The number of thiazole rings is 1. The van der Waals surface area contributed by atoms with Crippen molar-refractivity contribution in [1.82, 2.24) is 15.6 Å². The Bertz CT molecular complexity index is 405. The number of rotatable bonds is 5. The van der Waals surface area contributed by atoms with Gasteiger partial charge in [0, 0.05) is 23.2 Å². The molecule has 0 aromatic carbocycles. The predicted octanol–water partition coefficient (Wildman–Crippen LogP) is 3.02. The van der Waals surface area contributed by atoms with Crippen molar-refractivity contribution in [1.29, 1.82) is 0 Å². The van der Waals surface area contributed by atoms with Gasteiger partial charge in [0.15, 0.2) is 0 Å². The van der Waals surface area contributed by atoms with Crippen LogP contribution in [-0.4, -0.2) is 23.6 Å². The zero-order valence-electron chi connectivity index (χ0n) is 12.0. The Kier molecular flexibility index (Phi) is 4.20. The third kappa shape index (κ3) is 3.36. The second-order valence-electron chi connectivity index (χ2n) is 6.27. The summed E-state index contributed by atoms with van der Waals surface area (Å²) in [6, 6.07) is 2.04. The first-order valence-corrected chi connectivity index (χ1v) is 8.50. The fourth-order valence-corrected chi connectivity index (χ4v) is 4.40. The molecule has 1 aromatic heterocycles. The fourth-order valence-electron chi connectivity index (χ4n) is 3.57. The Morgan fingerprint density at radius 1 is 1.42 bits per heavy atom. The highest BCUT2D eigenvalue weighted by atomic mass is 32.1. The van der Waals surface area contributed by atoms with Crippen LogP contribution in [0.15, 0.2) is 5.38 Å². The molecule has 2 bridgehead atoms. The van der Waals surface area contributed by atoms with Crippen LogP contribution in [0.5, 0.6) is 0 Å². The summed E-state index contributed by atoms with van der Waals surface area (Å²) in [5.41, 5.74) is 1.14. The number of aromatic nitrogens is 1. The molecule has 0 radical (unpaired) electrons. The monoisotopic (exact) mass is 279 g/mol. The molecule has 4 heteroatoms. The lowest BCUT2D eigenvalue weighted by molar-refractivity contribution is 0.281. The number of aryl methyl sites for hydroxylation is 1. The third-order valence-electron chi connectivity index (χ3n) is 4.58. The van der Waals surface area contributed by atoms with Gasteiger partial charge in [0.2, 0.25) is 0 Å². The number of nitrogens with zero attached hydrogens (tertiary/aromatic N) is 1. The average molecular weight is 279 g/mol. The minimum absolute atomic E-state index is 0.400. The second-order valence-corrected chi connectivity index (χ2v) is 7.16. The van der Waals surface area contributed by atoms with Crippen LogP contribution in [0, 0.1) is 12.8 Å². The van der Waals surface area contributed by atoms with Crippen molar-refractivity contribution in [3.8, 4) is 0 Å². The summed E-state index contributed by atoms with van der Waals surface area (Å²) in [6.07, 6.45) is 6.92. The first kappa shape index (κ1) is 13.5. The van der Waals surface area contributed by atoms with Crippen molar-refractivity contribution in [3.05, 3.63) is 16.1 Å². The molecule has 2 aliphatic rings. The van der Waals surface area contributed by atoms with Gasteiger partial charge < -0.3 is 10.6 Å². The zero-order chi connectivity index (χ0) is 13.2. The van der Waals surface area contributed by atoms with Gasteiger partial charge in [-0.3, -0.25) is 0 Å². The molecule has 3 unspecified atom stereocenters. The van der Waals surface area contributed by atoms with Gasteiger partial charge in [-0.05, 0) is 58.4 Å². The van der Waals surface area contributed by atoms with Crippen LogP contribution in [0.2, 0.25) is 0 Å². The molecular weight excluding hydrogens is 254 g/mol. The van der Waals surface area contributed by atoms with Crippen LogP contribution >= 0.6 is 11.3 Å². The van der Waals surface area contributed by atoms with Crippen LogP contribution in [0.3, 0.4) is 0 Å². The summed E-state index contributed by atoms with van der Waals surface area (Å²) >= 11 is 1.77. The SMILES string of the molecule is Cc1csc(C(C)NCCC2CC3CCC(C2)N3)n1. The van der Waals surface area contributed by atoms with Crippen LogP contribution in [0.4, 0.5) is 0 Å². The van der Waals surface area contributed by atoms with E-state index in [0.717, 1.165) is 30.2 Å². The Hall–Kier alpha value is -0.450. The predicted molar refractivity (Wildman–Crippen MR) is 80.6 cm³/mol. The number of fused-ring (bicyclic) bond motifs is 2.